The summed E-state index contributed by atoms with van der Waals surface area (Å²) in [4.78, 5) is 0. The molecule has 102 valence electrons. The molecule has 1 rings (SSSR count). The Bertz CT molecular complexity index is 369. The Morgan fingerprint density at radius 2 is 2.06 bits per heavy atom. The number of rotatable bonds is 7. The summed E-state index contributed by atoms with van der Waals surface area (Å²) < 4.78 is 5.69. The highest BCUT2D eigenvalue weighted by Crippen LogP contribution is 2.24. The molecule has 0 bridgehead atoms. The summed E-state index contributed by atoms with van der Waals surface area (Å²) in [5, 5.41) is 3.50. The van der Waals surface area contributed by atoms with Crippen molar-refractivity contribution in [3.63, 3.8) is 0 Å². The molecule has 0 fully saturated rings. The first-order valence-electron chi connectivity index (χ1n) is 6.37. The van der Waals surface area contributed by atoms with Crippen LogP contribution in [0.5, 0.6) is 5.75 Å². The van der Waals surface area contributed by atoms with E-state index in [2.05, 4.69) is 18.5 Å². The van der Waals surface area contributed by atoms with Crippen molar-refractivity contribution in [1.82, 2.24) is 0 Å². The summed E-state index contributed by atoms with van der Waals surface area (Å²) in [6.07, 6.45) is 3.38. The van der Waals surface area contributed by atoms with Crippen molar-refractivity contribution in [2.75, 3.05) is 23.1 Å². The van der Waals surface area contributed by atoms with E-state index in [-0.39, 0.29) is 6.10 Å². The van der Waals surface area contributed by atoms with Crippen LogP contribution in [0, 0.1) is 0 Å². The number of anilines is 2. The second kappa shape index (κ2) is 7.41. The molecule has 0 aliphatic rings. The lowest BCUT2D eigenvalue weighted by Gasteiger charge is -2.19. The Kier molecular flexibility index (Phi) is 6.19. The maximum Gasteiger partial charge on any atom is 0.123 e. The lowest BCUT2D eigenvalue weighted by atomic mass is 10.2. The van der Waals surface area contributed by atoms with Crippen LogP contribution in [0.4, 0.5) is 11.4 Å². The topological polar surface area (TPSA) is 47.3 Å². The number of ether oxygens (including phenoxy) is 1. The quantitative estimate of drug-likeness (QED) is 0.742. The van der Waals surface area contributed by atoms with Gasteiger partial charge >= 0.3 is 0 Å². The predicted octanol–water partition coefficient (Wildman–Crippen LogP) is 3.61. The Morgan fingerprint density at radius 1 is 1.33 bits per heavy atom. The summed E-state index contributed by atoms with van der Waals surface area (Å²) in [6, 6.07) is 6.30. The van der Waals surface area contributed by atoms with Gasteiger partial charge in [0, 0.05) is 35.3 Å². The van der Waals surface area contributed by atoms with Crippen LogP contribution >= 0.6 is 11.8 Å². The van der Waals surface area contributed by atoms with E-state index in [1.807, 2.05) is 43.8 Å². The van der Waals surface area contributed by atoms with Gasteiger partial charge in [0.1, 0.15) is 5.75 Å². The van der Waals surface area contributed by atoms with Crippen LogP contribution in [-0.2, 0) is 0 Å². The van der Waals surface area contributed by atoms with Gasteiger partial charge in [0.25, 0.3) is 0 Å². The minimum absolute atomic E-state index is 0.160. The summed E-state index contributed by atoms with van der Waals surface area (Å²) in [5.41, 5.74) is 7.67. The summed E-state index contributed by atoms with van der Waals surface area (Å²) >= 11 is 1.85. The van der Waals surface area contributed by atoms with Gasteiger partial charge < -0.3 is 15.8 Å². The van der Waals surface area contributed by atoms with E-state index in [9.17, 15) is 0 Å². The Hall–Kier alpha value is -1.03. The van der Waals surface area contributed by atoms with Crippen LogP contribution < -0.4 is 15.8 Å². The molecule has 0 amide bonds. The first-order chi connectivity index (χ1) is 8.55. The van der Waals surface area contributed by atoms with Crippen molar-refractivity contribution in [1.29, 1.82) is 0 Å². The number of hydrogen-bond donors (Lipinski definition) is 2. The van der Waals surface area contributed by atoms with Crippen LogP contribution in [0.3, 0.4) is 0 Å². The van der Waals surface area contributed by atoms with Crippen LogP contribution in [0.25, 0.3) is 0 Å². The van der Waals surface area contributed by atoms with E-state index in [1.54, 1.807) is 0 Å². The van der Waals surface area contributed by atoms with Crippen molar-refractivity contribution >= 4 is 23.1 Å². The number of benzene rings is 1. The molecule has 1 aromatic carbocycles. The Labute approximate surface area is 114 Å². The van der Waals surface area contributed by atoms with Crippen LogP contribution in [0.2, 0.25) is 0 Å². The van der Waals surface area contributed by atoms with E-state index >= 15 is 0 Å². The molecule has 4 heteroatoms. The van der Waals surface area contributed by atoms with Gasteiger partial charge in [0.2, 0.25) is 0 Å². The van der Waals surface area contributed by atoms with Crippen molar-refractivity contribution in [3.8, 4) is 5.75 Å². The van der Waals surface area contributed by atoms with Crippen molar-refractivity contribution in [3.05, 3.63) is 18.2 Å². The zero-order valence-electron chi connectivity index (χ0n) is 11.7. The van der Waals surface area contributed by atoms with Gasteiger partial charge in [-0.15, -0.1) is 0 Å². The van der Waals surface area contributed by atoms with Gasteiger partial charge in [-0.05, 0) is 32.6 Å². The molecule has 0 aliphatic carbocycles. The fourth-order valence-corrected chi connectivity index (χ4v) is 2.47. The predicted molar refractivity (Wildman–Crippen MR) is 82.7 cm³/mol. The highest BCUT2D eigenvalue weighted by Gasteiger charge is 2.07. The molecule has 0 aromatic heterocycles. The molecule has 0 aliphatic heterocycles. The highest BCUT2D eigenvalue weighted by atomic mass is 32.2. The molecule has 1 aromatic rings. The fourth-order valence-electron chi connectivity index (χ4n) is 1.74. The standard InChI is InChI=1S/C14H24N2OS/c1-5-12(9-18-4)16-13-6-11(15)7-14(8-13)17-10(2)3/h6-8,10,12,16H,5,9,15H2,1-4H3. The van der Waals surface area contributed by atoms with E-state index < -0.39 is 0 Å². The molecule has 3 N–H and O–H groups in total. The lowest BCUT2D eigenvalue weighted by Crippen LogP contribution is -2.21. The highest BCUT2D eigenvalue weighted by molar-refractivity contribution is 7.98. The van der Waals surface area contributed by atoms with E-state index in [0.717, 1.165) is 29.3 Å². The minimum atomic E-state index is 0.160. The molecule has 0 spiro atoms. The number of nitrogen functional groups attached to an aromatic ring is 1. The average Bonchev–Trinajstić information content (AvgIpc) is 2.26. The molecule has 0 radical (unpaired) electrons. The number of nitrogens with two attached hydrogens (primary N) is 1. The SMILES string of the molecule is CCC(CSC)Nc1cc(N)cc(OC(C)C)c1. The Morgan fingerprint density at radius 3 is 2.61 bits per heavy atom. The molecular formula is C14H24N2OS. The lowest BCUT2D eigenvalue weighted by molar-refractivity contribution is 0.242. The summed E-state index contributed by atoms with van der Waals surface area (Å²) in [6.45, 7) is 6.21. The van der Waals surface area contributed by atoms with E-state index in [0.29, 0.717) is 6.04 Å². The molecule has 1 atom stereocenters. The number of hydrogen-bond acceptors (Lipinski definition) is 4. The second-order valence-corrected chi connectivity index (χ2v) is 5.57. The molecule has 3 nitrogen and oxygen atoms in total. The van der Waals surface area contributed by atoms with Gasteiger partial charge in [-0.1, -0.05) is 6.92 Å². The minimum Gasteiger partial charge on any atom is -0.491 e. The molecular weight excluding hydrogens is 244 g/mol. The van der Waals surface area contributed by atoms with E-state index in [1.165, 1.54) is 0 Å². The molecule has 0 heterocycles. The molecule has 0 saturated heterocycles. The van der Waals surface area contributed by atoms with Crippen LogP contribution in [0.15, 0.2) is 18.2 Å². The molecule has 1 unspecified atom stereocenters. The van der Waals surface area contributed by atoms with Crippen molar-refractivity contribution in [2.24, 2.45) is 0 Å². The van der Waals surface area contributed by atoms with Gasteiger partial charge in [0.15, 0.2) is 0 Å². The van der Waals surface area contributed by atoms with Gasteiger partial charge in [0.05, 0.1) is 6.10 Å². The summed E-state index contributed by atoms with van der Waals surface area (Å²) in [7, 11) is 0. The zero-order chi connectivity index (χ0) is 13.5. The van der Waals surface area contributed by atoms with Crippen LogP contribution in [0.1, 0.15) is 27.2 Å². The maximum atomic E-state index is 5.90. The third-order valence-electron chi connectivity index (χ3n) is 2.53. The smallest absolute Gasteiger partial charge is 0.123 e. The monoisotopic (exact) mass is 268 g/mol. The summed E-state index contributed by atoms with van der Waals surface area (Å²) in [5.74, 6) is 1.91. The normalized spacial score (nSPS) is 12.5. The van der Waals surface area contributed by atoms with Crippen LogP contribution in [-0.4, -0.2) is 24.2 Å². The first-order valence-corrected chi connectivity index (χ1v) is 7.77. The Balaban J connectivity index is 2.78. The third-order valence-corrected chi connectivity index (χ3v) is 3.27. The maximum absolute atomic E-state index is 5.90. The fraction of sp³-hybridized carbons (Fsp3) is 0.571. The molecule has 0 saturated carbocycles. The molecule has 18 heavy (non-hydrogen) atoms. The van der Waals surface area contributed by atoms with Gasteiger partial charge in [-0.25, -0.2) is 0 Å². The number of nitrogens with one attached hydrogen (secondary N) is 1. The number of thioether (sulfide) groups is 1. The second-order valence-electron chi connectivity index (χ2n) is 4.66. The van der Waals surface area contributed by atoms with E-state index in [4.69, 9.17) is 10.5 Å². The zero-order valence-corrected chi connectivity index (χ0v) is 12.5. The van der Waals surface area contributed by atoms with Gasteiger partial charge in [-0.2, -0.15) is 11.8 Å². The van der Waals surface area contributed by atoms with Crippen molar-refractivity contribution in [2.45, 2.75) is 39.3 Å². The average molecular weight is 268 g/mol. The third kappa shape index (κ3) is 5.08. The first kappa shape index (κ1) is 15.0. The largest absolute Gasteiger partial charge is 0.491 e. The van der Waals surface area contributed by atoms with Gasteiger partial charge in [-0.3, -0.25) is 0 Å². The van der Waals surface area contributed by atoms with Crippen molar-refractivity contribution < 1.29 is 4.74 Å².